The Kier molecular flexibility index (Phi) is 9.07. The van der Waals surface area contributed by atoms with Gasteiger partial charge in [0, 0.05) is 18.2 Å². The normalized spacial score (nSPS) is 15.2. The highest BCUT2D eigenvalue weighted by Crippen LogP contribution is 2.33. The second-order valence-corrected chi connectivity index (χ2v) is 5.84. The van der Waals surface area contributed by atoms with E-state index in [1.807, 2.05) is 34.6 Å². The number of aromatic nitrogens is 2. The van der Waals surface area contributed by atoms with Crippen LogP contribution in [0.1, 0.15) is 57.1 Å². The number of hydrogen-bond donors (Lipinski definition) is 0. The third-order valence-corrected chi connectivity index (χ3v) is 4.18. The molecular weight excluding hydrogens is 383 g/mol. The summed E-state index contributed by atoms with van der Waals surface area (Å²) in [7, 11) is 1.26. The van der Waals surface area contributed by atoms with Crippen molar-refractivity contribution in [3.63, 3.8) is 0 Å². The second-order valence-electron chi connectivity index (χ2n) is 5.84. The van der Waals surface area contributed by atoms with E-state index in [0.717, 1.165) is 12.5 Å². The molecule has 1 unspecified atom stereocenters. The maximum atomic E-state index is 13.2. The molecule has 0 spiro atoms. The first-order valence-corrected chi connectivity index (χ1v) is 9.71. The number of halogens is 3. The predicted molar refractivity (Wildman–Crippen MR) is 108 cm³/mol. The number of carbonyl (C=O) groups excluding carboxylic acids is 1. The lowest BCUT2D eigenvalue weighted by molar-refractivity contribution is -0.141. The Morgan fingerprint density at radius 3 is 2.10 bits per heavy atom. The van der Waals surface area contributed by atoms with Gasteiger partial charge < -0.3 is 9.64 Å². The number of benzene rings is 1. The van der Waals surface area contributed by atoms with E-state index >= 15 is 0 Å². The third kappa shape index (κ3) is 5.92. The number of nitrogens with zero attached hydrogens (tertiary/aromatic N) is 3. The van der Waals surface area contributed by atoms with Crippen molar-refractivity contribution in [3.05, 3.63) is 41.6 Å². The molecule has 160 valence electrons. The standard InChI is InChI=1S/C17H16F3N3O2.2C2H6/c1-10-7-8-23(10)16-21-13(9-14(22-16)17(18,19)20)11-3-5-12(6-4-11)15(24)25-2;2*1-2/h3-6,9-10H,7-8H2,1-2H3;2*1-2H3. The molecule has 2 aromatic rings. The first kappa shape index (κ1) is 24.4. The van der Waals surface area contributed by atoms with Crippen LogP contribution < -0.4 is 4.90 Å². The smallest absolute Gasteiger partial charge is 0.433 e. The first-order chi connectivity index (χ1) is 13.8. The van der Waals surface area contributed by atoms with E-state index in [1.54, 1.807) is 4.90 Å². The largest absolute Gasteiger partial charge is 0.465 e. The average molecular weight is 411 g/mol. The van der Waals surface area contributed by atoms with E-state index in [1.165, 1.54) is 31.4 Å². The summed E-state index contributed by atoms with van der Waals surface area (Å²) in [6, 6.07) is 7.08. The fourth-order valence-electron chi connectivity index (χ4n) is 2.56. The topological polar surface area (TPSA) is 55.3 Å². The molecule has 8 heteroatoms. The number of esters is 1. The molecule has 1 atom stereocenters. The van der Waals surface area contributed by atoms with Crippen LogP contribution in [0.2, 0.25) is 0 Å². The van der Waals surface area contributed by atoms with Crippen LogP contribution in [-0.4, -0.2) is 35.6 Å². The lowest BCUT2D eigenvalue weighted by atomic mass is 10.1. The Balaban J connectivity index is 0.000000989. The number of rotatable bonds is 3. The van der Waals surface area contributed by atoms with Crippen molar-refractivity contribution < 1.29 is 22.7 Å². The van der Waals surface area contributed by atoms with Gasteiger partial charge in [0.15, 0.2) is 5.69 Å². The molecule has 1 fully saturated rings. The van der Waals surface area contributed by atoms with Crippen molar-refractivity contribution in [2.45, 2.75) is 53.3 Å². The summed E-state index contributed by atoms with van der Waals surface area (Å²) in [4.78, 5) is 21.2. The van der Waals surface area contributed by atoms with Crippen LogP contribution >= 0.6 is 0 Å². The quantitative estimate of drug-likeness (QED) is 0.616. The summed E-state index contributed by atoms with van der Waals surface area (Å²) < 4.78 is 44.2. The van der Waals surface area contributed by atoms with Gasteiger partial charge in [-0.05, 0) is 31.5 Å². The number of hydrogen-bond acceptors (Lipinski definition) is 5. The molecule has 1 aromatic carbocycles. The van der Waals surface area contributed by atoms with Crippen LogP contribution in [0, 0.1) is 0 Å². The van der Waals surface area contributed by atoms with Crippen molar-refractivity contribution in [3.8, 4) is 11.3 Å². The predicted octanol–water partition coefficient (Wildman–Crippen LogP) is 5.60. The first-order valence-electron chi connectivity index (χ1n) is 9.71. The molecule has 0 saturated carbocycles. The number of methoxy groups -OCH3 is 1. The number of carbonyl (C=O) groups is 1. The molecule has 0 bridgehead atoms. The van der Waals surface area contributed by atoms with Crippen LogP contribution in [0.4, 0.5) is 19.1 Å². The minimum absolute atomic E-state index is 0.0700. The summed E-state index contributed by atoms with van der Waals surface area (Å²) in [5.41, 5.74) is -0.0422. The van der Waals surface area contributed by atoms with Crippen molar-refractivity contribution in [2.75, 3.05) is 18.6 Å². The minimum atomic E-state index is -4.56. The minimum Gasteiger partial charge on any atom is -0.465 e. The van der Waals surface area contributed by atoms with Gasteiger partial charge in [-0.1, -0.05) is 39.8 Å². The second kappa shape index (κ2) is 10.8. The summed E-state index contributed by atoms with van der Waals surface area (Å²) in [5, 5.41) is 0. The van der Waals surface area contributed by atoms with E-state index < -0.39 is 17.8 Å². The zero-order chi connectivity index (χ0) is 22.2. The van der Waals surface area contributed by atoms with Crippen molar-refractivity contribution in [1.29, 1.82) is 0 Å². The average Bonchev–Trinajstić information content (AvgIpc) is 2.74. The molecule has 0 N–H and O–H groups in total. The number of alkyl halides is 3. The third-order valence-electron chi connectivity index (χ3n) is 4.18. The summed E-state index contributed by atoms with van der Waals surface area (Å²) in [6.07, 6.45) is -3.67. The zero-order valence-electron chi connectivity index (χ0n) is 17.7. The maximum absolute atomic E-state index is 13.2. The van der Waals surface area contributed by atoms with E-state index in [9.17, 15) is 18.0 Å². The van der Waals surface area contributed by atoms with E-state index in [-0.39, 0.29) is 17.7 Å². The van der Waals surface area contributed by atoms with Crippen molar-refractivity contribution in [2.24, 2.45) is 0 Å². The van der Waals surface area contributed by atoms with Gasteiger partial charge in [-0.2, -0.15) is 13.2 Å². The lowest BCUT2D eigenvalue weighted by Crippen LogP contribution is -2.46. The highest BCUT2D eigenvalue weighted by atomic mass is 19.4. The van der Waals surface area contributed by atoms with Gasteiger partial charge in [0.2, 0.25) is 5.95 Å². The summed E-state index contributed by atoms with van der Waals surface area (Å²) >= 11 is 0. The molecule has 1 aliphatic heterocycles. The molecular formula is C21H28F3N3O2. The molecule has 2 heterocycles. The molecule has 29 heavy (non-hydrogen) atoms. The molecule has 1 saturated heterocycles. The summed E-state index contributed by atoms with van der Waals surface area (Å²) in [5.74, 6) is -0.444. The van der Waals surface area contributed by atoms with Gasteiger partial charge in [0.1, 0.15) is 0 Å². The number of anilines is 1. The molecule has 5 nitrogen and oxygen atoms in total. The molecule has 0 radical (unpaired) electrons. The van der Waals surface area contributed by atoms with Gasteiger partial charge >= 0.3 is 12.1 Å². The molecule has 0 amide bonds. The maximum Gasteiger partial charge on any atom is 0.433 e. The van der Waals surface area contributed by atoms with Crippen LogP contribution in [0.15, 0.2) is 30.3 Å². The van der Waals surface area contributed by atoms with E-state index in [2.05, 4.69) is 14.7 Å². The van der Waals surface area contributed by atoms with Gasteiger partial charge in [-0.3, -0.25) is 0 Å². The van der Waals surface area contributed by atoms with Gasteiger partial charge in [0.05, 0.1) is 18.4 Å². The van der Waals surface area contributed by atoms with Crippen molar-refractivity contribution >= 4 is 11.9 Å². The van der Waals surface area contributed by atoms with Crippen LogP contribution in [0.5, 0.6) is 0 Å². The zero-order valence-corrected chi connectivity index (χ0v) is 17.7. The monoisotopic (exact) mass is 411 g/mol. The molecule has 3 rings (SSSR count). The van der Waals surface area contributed by atoms with Crippen LogP contribution in [0.25, 0.3) is 11.3 Å². The van der Waals surface area contributed by atoms with E-state index in [4.69, 9.17) is 0 Å². The van der Waals surface area contributed by atoms with Crippen LogP contribution in [0.3, 0.4) is 0 Å². The Morgan fingerprint density at radius 2 is 1.69 bits per heavy atom. The summed E-state index contributed by atoms with van der Waals surface area (Å²) in [6.45, 7) is 10.5. The highest BCUT2D eigenvalue weighted by Gasteiger charge is 2.35. The van der Waals surface area contributed by atoms with Gasteiger partial charge in [-0.15, -0.1) is 0 Å². The Morgan fingerprint density at radius 1 is 1.10 bits per heavy atom. The molecule has 1 aliphatic rings. The Bertz CT molecular complexity index is 793. The van der Waals surface area contributed by atoms with Crippen molar-refractivity contribution in [1.82, 2.24) is 9.97 Å². The highest BCUT2D eigenvalue weighted by molar-refractivity contribution is 5.89. The Labute approximate surface area is 169 Å². The van der Waals surface area contributed by atoms with Gasteiger partial charge in [-0.25, -0.2) is 14.8 Å². The fraction of sp³-hybridized carbons (Fsp3) is 0.476. The SMILES string of the molecule is CC.CC.COC(=O)c1ccc(-c2cc(C(F)(F)F)nc(N3CCC3C)n2)cc1. The molecule has 1 aromatic heterocycles. The number of ether oxygens (including phenoxy) is 1. The van der Waals surface area contributed by atoms with E-state index in [0.29, 0.717) is 17.7 Å². The van der Waals surface area contributed by atoms with Crippen LogP contribution in [-0.2, 0) is 10.9 Å². The Hall–Kier alpha value is -2.64. The fourth-order valence-corrected chi connectivity index (χ4v) is 2.56. The lowest BCUT2D eigenvalue weighted by Gasteiger charge is -2.39. The molecule has 0 aliphatic carbocycles. The van der Waals surface area contributed by atoms with Gasteiger partial charge in [0.25, 0.3) is 0 Å².